The number of hydrogen-bond donors (Lipinski definition) is 2. The average Bonchev–Trinajstić information content (AvgIpc) is 3.09. The number of sulfonamides is 1. The number of benzene rings is 2. The van der Waals surface area contributed by atoms with Crippen LogP contribution in [-0.4, -0.2) is 27.2 Å². The lowest BCUT2D eigenvalue weighted by Crippen LogP contribution is -2.45. The molecule has 2 N–H and O–H groups in total. The molecule has 2 aromatic rings. The number of hydrogen-bond acceptors (Lipinski definition) is 5. The number of nitrogens with one attached hydrogen (secondary N) is 2. The summed E-state index contributed by atoms with van der Waals surface area (Å²) in [6.45, 7) is 3.45. The maximum Gasteiger partial charge on any atom is 0.241 e. The van der Waals surface area contributed by atoms with Gasteiger partial charge in [0.15, 0.2) is 11.5 Å². The highest BCUT2D eigenvalue weighted by molar-refractivity contribution is 7.89. The van der Waals surface area contributed by atoms with Crippen LogP contribution in [0.2, 0.25) is 5.02 Å². The molecular weight excluding hydrogens is 392 g/mol. The highest BCUT2D eigenvalue weighted by Gasteiger charge is 2.24. The van der Waals surface area contributed by atoms with Crippen molar-refractivity contribution >= 4 is 27.5 Å². The highest BCUT2D eigenvalue weighted by atomic mass is 35.5. The third-order valence-electron chi connectivity index (χ3n) is 4.10. The Balaban J connectivity index is 1.64. The molecule has 3 rings (SSSR count). The van der Waals surface area contributed by atoms with E-state index in [0.717, 1.165) is 5.56 Å². The minimum Gasteiger partial charge on any atom is -0.454 e. The topological polar surface area (TPSA) is 93.7 Å². The monoisotopic (exact) mass is 410 g/mol. The number of carbonyl (C=O) groups is 1. The van der Waals surface area contributed by atoms with Crippen LogP contribution >= 0.6 is 11.6 Å². The molecule has 0 bridgehead atoms. The summed E-state index contributed by atoms with van der Waals surface area (Å²) in [5.74, 6) is 0.823. The summed E-state index contributed by atoms with van der Waals surface area (Å²) in [6.07, 6.45) is 0. The summed E-state index contributed by atoms with van der Waals surface area (Å²) in [5, 5.41) is 3.21. The predicted octanol–water partition coefficient (Wildman–Crippen LogP) is 2.61. The van der Waals surface area contributed by atoms with E-state index in [0.29, 0.717) is 16.5 Å². The van der Waals surface area contributed by atoms with Crippen LogP contribution in [0.1, 0.15) is 25.5 Å². The lowest BCUT2D eigenvalue weighted by Gasteiger charge is -2.19. The van der Waals surface area contributed by atoms with E-state index in [9.17, 15) is 13.2 Å². The predicted molar refractivity (Wildman–Crippen MR) is 100 cm³/mol. The lowest BCUT2D eigenvalue weighted by molar-refractivity contribution is -0.123. The summed E-state index contributed by atoms with van der Waals surface area (Å²) < 4.78 is 37.7. The van der Waals surface area contributed by atoms with Crippen molar-refractivity contribution in [2.24, 2.45) is 0 Å². The fourth-order valence-corrected chi connectivity index (χ4v) is 3.90. The van der Waals surface area contributed by atoms with Crippen LogP contribution in [0.4, 0.5) is 0 Å². The van der Waals surface area contributed by atoms with E-state index in [-0.39, 0.29) is 17.7 Å². The second kappa shape index (κ2) is 7.75. The molecule has 27 heavy (non-hydrogen) atoms. The Kier molecular flexibility index (Phi) is 5.59. The van der Waals surface area contributed by atoms with Gasteiger partial charge in [0.05, 0.1) is 17.0 Å². The maximum atomic E-state index is 12.4. The fourth-order valence-electron chi connectivity index (χ4n) is 2.57. The molecule has 0 unspecified atom stereocenters. The summed E-state index contributed by atoms with van der Waals surface area (Å²) >= 11 is 5.77. The molecule has 1 amide bonds. The molecule has 1 heterocycles. The van der Waals surface area contributed by atoms with Crippen LogP contribution in [0.5, 0.6) is 11.5 Å². The molecule has 0 saturated carbocycles. The van der Waals surface area contributed by atoms with Gasteiger partial charge in [0.1, 0.15) is 0 Å². The summed E-state index contributed by atoms with van der Waals surface area (Å²) in [4.78, 5) is 12.4. The first-order valence-corrected chi connectivity index (χ1v) is 10.1. The normalized spacial score (nSPS) is 15.2. The Morgan fingerprint density at radius 2 is 1.74 bits per heavy atom. The third-order valence-corrected chi connectivity index (χ3v) is 5.91. The van der Waals surface area contributed by atoms with Crippen LogP contribution in [0, 0.1) is 0 Å². The molecule has 2 aromatic carbocycles. The van der Waals surface area contributed by atoms with Crippen molar-refractivity contribution in [1.82, 2.24) is 10.0 Å². The van der Waals surface area contributed by atoms with Gasteiger partial charge in [-0.05, 0) is 55.8 Å². The van der Waals surface area contributed by atoms with Crippen LogP contribution in [0.15, 0.2) is 47.4 Å². The molecule has 9 heteroatoms. The number of rotatable bonds is 6. The van der Waals surface area contributed by atoms with Crippen molar-refractivity contribution in [3.8, 4) is 11.5 Å². The van der Waals surface area contributed by atoms with Gasteiger partial charge in [-0.15, -0.1) is 0 Å². The van der Waals surface area contributed by atoms with E-state index in [1.54, 1.807) is 19.1 Å². The smallest absolute Gasteiger partial charge is 0.241 e. The average molecular weight is 411 g/mol. The van der Waals surface area contributed by atoms with E-state index in [2.05, 4.69) is 10.0 Å². The zero-order valence-corrected chi connectivity index (χ0v) is 16.3. The van der Waals surface area contributed by atoms with Crippen LogP contribution in [0.3, 0.4) is 0 Å². The van der Waals surface area contributed by atoms with Gasteiger partial charge in [0.25, 0.3) is 0 Å². The van der Waals surface area contributed by atoms with Crippen LogP contribution in [-0.2, 0) is 14.8 Å². The van der Waals surface area contributed by atoms with E-state index in [1.807, 2.05) is 6.07 Å². The molecule has 1 aliphatic heterocycles. The first kappa shape index (κ1) is 19.5. The molecule has 0 saturated heterocycles. The van der Waals surface area contributed by atoms with Crippen molar-refractivity contribution in [2.75, 3.05) is 6.79 Å². The van der Waals surface area contributed by atoms with Crippen molar-refractivity contribution in [3.05, 3.63) is 53.1 Å². The molecular formula is C18H19ClN2O5S. The summed E-state index contributed by atoms with van der Waals surface area (Å²) in [5.41, 5.74) is 0.820. The fraction of sp³-hybridized carbons (Fsp3) is 0.278. The number of amides is 1. The number of halogens is 1. The first-order valence-electron chi connectivity index (χ1n) is 8.24. The molecule has 7 nitrogen and oxygen atoms in total. The van der Waals surface area contributed by atoms with Gasteiger partial charge in [0.2, 0.25) is 22.7 Å². The quantitative estimate of drug-likeness (QED) is 0.763. The maximum absolute atomic E-state index is 12.4. The van der Waals surface area contributed by atoms with Crippen LogP contribution < -0.4 is 19.5 Å². The van der Waals surface area contributed by atoms with Crippen molar-refractivity contribution in [3.63, 3.8) is 0 Å². The van der Waals surface area contributed by atoms with Gasteiger partial charge in [-0.1, -0.05) is 17.7 Å². The molecule has 0 fully saturated rings. The standard InChI is InChI=1S/C18H19ClN2O5S/c1-11(13-3-8-16-17(9-13)26-10-25-16)20-18(22)12(2)21-27(23,24)15-6-4-14(19)5-7-15/h3-9,11-12,21H,10H2,1-2H3,(H,20,22)/t11-,12+/m1/s1. The van der Waals surface area contributed by atoms with Gasteiger partial charge < -0.3 is 14.8 Å². The van der Waals surface area contributed by atoms with E-state index < -0.39 is 22.0 Å². The summed E-state index contributed by atoms with van der Waals surface area (Å²) in [6, 6.07) is 9.79. The number of ether oxygens (including phenoxy) is 2. The van der Waals surface area contributed by atoms with Crippen molar-refractivity contribution in [2.45, 2.75) is 30.8 Å². The SMILES string of the molecule is C[C@H](NS(=O)(=O)c1ccc(Cl)cc1)C(=O)N[C@H](C)c1ccc2c(c1)OCO2. The molecule has 144 valence electrons. The Morgan fingerprint density at radius 3 is 2.44 bits per heavy atom. The number of fused-ring (bicyclic) bond motifs is 1. The van der Waals surface area contributed by atoms with Gasteiger partial charge >= 0.3 is 0 Å². The minimum absolute atomic E-state index is 0.0374. The van der Waals surface area contributed by atoms with Gasteiger partial charge in [-0.2, -0.15) is 4.72 Å². The Bertz CT molecular complexity index is 947. The van der Waals surface area contributed by atoms with Gasteiger partial charge in [-0.25, -0.2) is 8.42 Å². The molecule has 0 aromatic heterocycles. The second-order valence-corrected chi connectivity index (χ2v) is 8.29. The molecule has 0 radical (unpaired) electrons. The summed E-state index contributed by atoms with van der Waals surface area (Å²) in [7, 11) is -3.84. The highest BCUT2D eigenvalue weighted by Crippen LogP contribution is 2.34. The third kappa shape index (κ3) is 4.52. The zero-order chi connectivity index (χ0) is 19.6. The number of carbonyl (C=O) groups excluding carboxylic acids is 1. The van der Waals surface area contributed by atoms with Crippen molar-refractivity contribution in [1.29, 1.82) is 0 Å². The van der Waals surface area contributed by atoms with Crippen LogP contribution in [0.25, 0.3) is 0 Å². The molecule has 0 aliphatic carbocycles. The Labute approximate surface area is 162 Å². The molecule has 0 spiro atoms. The van der Waals surface area contributed by atoms with Gasteiger partial charge in [-0.3, -0.25) is 4.79 Å². The first-order chi connectivity index (χ1) is 12.8. The molecule has 2 atom stereocenters. The van der Waals surface area contributed by atoms with Gasteiger partial charge in [0, 0.05) is 5.02 Å². The minimum atomic E-state index is -3.84. The van der Waals surface area contributed by atoms with E-state index >= 15 is 0 Å². The Hall–Kier alpha value is -2.29. The van der Waals surface area contributed by atoms with E-state index in [1.165, 1.54) is 31.2 Å². The Morgan fingerprint density at radius 1 is 1.07 bits per heavy atom. The lowest BCUT2D eigenvalue weighted by atomic mass is 10.1. The zero-order valence-electron chi connectivity index (χ0n) is 14.7. The largest absolute Gasteiger partial charge is 0.454 e. The van der Waals surface area contributed by atoms with E-state index in [4.69, 9.17) is 21.1 Å². The molecule has 1 aliphatic rings. The second-order valence-electron chi connectivity index (χ2n) is 6.14. The van der Waals surface area contributed by atoms with Crippen molar-refractivity contribution < 1.29 is 22.7 Å².